The molecule has 0 radical (unpaired) electrons. The zero-order chi connectivity index (χ0) is 14.1. The van der Waals surface area contributed by atoms with Gasteiger partial charge in [0.25, 0.3) is 0 Å². The molecule has 0 unspecified atom stereocenters. The van der Waals surface area contributed by atoms with Crippen LogP contribution in [0.3, 0.4) is 0 Å². The van der Waals surface area contributed by atoms with Gasteiger partial charge in [-0.3, -0.25) is 20.2 Å². The molecule has 0 atom stereocenters. The Balaban J connectivity index is 2.24. The van der Waals surface area contributed by atoms with Gasteiger partial charge in [-0.25, -0.2) is 0 Å². The van der Waals surface area contributed by atoms with Gasteiger partial charge in [-0.2, -0.15) is 0 Å². The molecule has 0 aliphatic carbocycles. The Morgan fingerprint density at radius 3 is 1.89 bits per heavy atom. The Morgan fingerprint density at radius 1 is 0.842 bits per heavy atom. The van der Waals surface area contributed by atoms with E-state index >= 15 is 0 Å². The molecule has 0 aromatic heterocycles. The van der Waals surface area contributed by atoms with E-state index in [0.717, 1.165) is 0 Å². The first-order chi connectivity index (χ1) is 9.08. The summed E-state index contributed by atoms with van der Waals surface area (Å²) in [5, 5.41) is 20.0. The molecular formula is C10H12N2O7. The quantitative estimate of drug-likeness (QED) is 0.284. The van der Waals surface area contributed by atoms with Gasteiger partial charge in [0, 0.05) is 4.92 Å². The van der Waals surface area contributed by atoms with Crippen molar-refractivity contribution in [3.8, 4) is 11.5 Å². The molecule has 0 heterocycles. The predicted octanol–water partition coefficient (Wildman–Crippen LogP) is 0.929. The molecule has 0 aliphatic rings. The van der Waals surface area contributed by atoms with Crippen LogP contribution in [0, 0.1) is 20.2 Å². The van der Waals surface area contributed by atoms with Gasteiger partial charge in [0.1, 0.15) is 18.1 Å². The minimum Gasteiger partial charge on any atom is -0.491 e. The highest BCUT2D eigenvalue weighted by molar-refractivity contribution is 5.31. The van der Waals surface area contributed by atoms with Crippen LogP contribution in [-0.2, 0) is 4.74 Å². The summed E-state index contributed by atoms with van der Waals surface area (Å²) < 4.78 is 14.8. The highest BCUT2D eigenvalue weighted by Crippen LogP contribution is 2.17. The lowest BCUT2D eigenvalue weighted by molar-refractivity contribution is -0.526. The average Bonchev–Trinajstić information content (AvgIpc) is 2.37. The molecule has 0 N–H and O–H groups in total. The SMILES string of the molecule is O=[N+]([O-])COCCOc1ccc(OC[N+](=O)[O-])cc1. The van der Waals surface area contributed by atoms with Gasteiger partial charge in [-0.15, -0.1) is 0 Å². The van der Waals surface area contributed by atoms with Crippen molar-refractivity contribution in [2.45, 2.75) is 0 Å². The maximum Gasteiger partial charge on any atom is 0.344 e. The second-order valence-corrected chi connectivity index (χ2v) is 3.30. The van der Waals surface area contributed by atoms with Gasteiger partial charge < -0.3 is 14.2 Å². The zero-order valence-electron chi connectivity index (χ0n) is 9.89. The van der Waals surface area contributed by atoms with Crippen LogP contribution in [0.15, 0.2) is 24.3 Å². The van der Waals surface area contributed by atoms with Crippen LogP contribution in [0.25, 0.3) is 0 Å². The molecule has 1 aromatic carbocycles. The normalized spacial score (nSPS) is 9.89. The van der Waals surface area contributed by atoms with Crippen molar-refractivity contribution in [2.24, 2.45) is 0 Å². The van der Waals surface area contributed by atoms with Crippen molar-refractivity contribution in [2.75, 3.05) is 26.7 Å². The van der Waals surface area contributed by atoms with Crippen LogP contribution in [0.5, 0.6) is 11.5 Å². The standard InChI is InChI=1S/C10H12N2O7/c13-11(14)7-17-5-6-18-9-1-3-10(4-2-9)19-8-12(15)16/h1-4H,5-8H2. The topological polar surface area (TPSA) is 114 Å². The Morgan fingerprint density at radius 2 is 1.37 bits per heavy atom. The van der Waals surface area contributed by atoms with Crippen molar-refractivity contribution < 1.29 is 24.1 Å². The number of ether oxygens (including phenoxy) is 3. The molecule has 0 spiro atoms. The maximum absolute atomic E-state index is 10.1. The monoisotopic (exact) mass is 272 g/mol. The van der Waals surface area contributed by atoms with Crippen LogP contribution in [0.2, 0.25) is 0 Å². The molecule has 1 aromatic rings. The lowest BCUT2D eigenvalue weighted by Crippen LogP contribution is -2.12. The minimum atomic E-state index is -0.602. The third kappa shape index (κ3) is 6.78. The number of hydrogen-bond acceptors (Lipinski definition) is 7. The summed E-state index contributed by atoms with van der Waals surface area (Å²) in [7, 11) is 0. The smallest absolute Gasteiger partial charge is 0.344 e. The van der Waals surface area contributed by atoms with Gasteiger partial charge in [0.05, 0.1) is 11.5 Å². The molecule has 1 rings (SSSR count). The van der Waals surface area contributed by atoms with E-state index in [9.17, 15) is 20.2 Å². The van der Waals surface area contributed by atoms with Gasteiger partial charge in [0.2, 0.25) is 0 Å². The fourth-order valence-electron chi connectivity index (χ4n) is 1.12. The molecule has 0 aliphatic heterocycles. The highest BCUT2D eigenvalue weighted by atomic mass is 16.7. The summed E-state index contributed by atoms with van der Waals surface area (Å²) in [5.41, 5.74) is 0. The van der Waals surface area contributed by atoms with E-state index in [1.165, 1.54) is 12.1 Å². The zero-order valence-corrected chi connectivity index (χ0v) is 9.89. The third-order valence-corrected chi connectivity index (χ3v) is 1.85. The largest absolute Gasteiger partial charge is 0.491 e. The Bertz CT molecular complexity index is 420. The van der Waals surface area contributed by atoms with E-state index in [1.54, 1.807) is 12.1 Å². The summed E-state index contributed by atoms with van der Waals surface area (Å²) in [5.74, 6) is 0.867. The van der Waals surface area contributed by atoms with E-state index in [4.69, 9.17) is 9.47 Å². The summed E-state index contributed by atoms with van der Waals surface area (Å²) >= 11 is 0. The number of benzene rings is 1. The van der Waals surface area contributed by atoms with Crippen LogP contribution in [0.4, 0.5) is 0 Å². The van der Waals surface area contributed by atoms with Gasteiger partial charge in [-0.05, 0) is 24.3 Å². The summed E-state index contributed by atoms with van der Waals surface area (Å²) in [6.07, 6.45) is 0. The van der Waals surface area contributed by atoms with Crippen molar-refractivity contribution in [3.05, 3.63) is 44.5 Å². The second-order valence-electron chi connectivity index (χ2n) is 3.30. The maximum atomic E-state index is 10.1. The molecule has 9 nitrogen and oxygen atoms in total. The fourth-order valence-corrected chi connectivity index (χ4v) is 1.12. The van der Waals surface area contributed by atoms with Crippen LogP contribution in [-0.4, -0.2) is 36.5 Å². The van der Waals surface area contributed by atoms with Crippen LogP contribution in [0.1, 0.15) is 0 Å². The molecule has 0 saturated heterocycles. The average molecular weight is 272 g/mol. The van der Waals surface area contributed by atoms with Crippen LogP contribution >= 0.6 is 0 Å². The predicted molar refractivity (Wildman–Crippen MR) is 62.2 cm³/mol. The molecule has 0 fully saturated rings. The number of nitro groups is 2. The number of rotatable bonds is 9. The van der Waals surface area contributed by atoms with Gasteiger partial charge in [0.15, 0.2) is 0 Å². The van der Waals surface area contributed by atoms with E-state index in [2.05, 4.69) is 4.74 Å². The lowest BCUT2D eigenvalue weighted by Gasteiger charge is -2.06. The second kappa shape index (κ2) is 7.82. The lowest BCUT2D eigenvalue weighted by atomic mass is 10.3. The molecule has 104 valence electrons. The summed E-state index contributed by atoms with van der Waals surface area (Å²) in [4.78, 5) is 18.9. The summed E-state index contributed by atoms with van der Waals surface area (Å²) in [6.45, 7) is -0.893. The van der Waals surface area contributed by atoms with Crippen molar-refractivity contribution >= 4 is 0 Å². The number of hydrogen-bond donors (Lipinski definition) is 0. The van der Waals surface area contributed by atoms with E-state index in [-0.39, 0.29) is 13.2 Å². The molecular weight excluding hydrogens is 260 g/mol. The van der Waals surface area contributed by atoms with Gasteiger partial charge in [-0.1, -0.05) is 0 Å². The van der Waals surface area contributed by atoms with Gasteiger partial charge >= 0.3 is 13.5 Å². The Kier molecular flexibility index (Phi) is 6.03. The molecule has 0 bridgehead atoms. The Labute approximate surface area is 108 Å². The number of nitrogens with zero attached hydrogens (tertiary/aromatic N) is 2. The first-order valence-corrected chi connectivity index (χ1v) is 5.25. The van der Waals surface area contributed by atoms with E-state index in [0.29, 0.717) is 11.5 Å². The fraction of sp³-hybridized carbons (Fsp3) is 0.400. The molecule has 9 heteroatoms. The van der Waals surface area contributed by atoms with Crippen LogP contribution < -0.4 is 9.47 Å². The van der Waals surface area contributed by atoms with Crippen molar-refractivity contribution in [1.29, 1.82) is 0 Å². The first kappa shape index (κ1) is 14.6. The highest BCUT2D eigenvalue weighted by Gasteiger charge is 2.01. The third-order valence-electron chi connectivity index (χ3n) is 1.85. The molecule has 19 heavy (non-hydrogen) atoms. The Hall–Kier alpha value is -2.42. The summed E-state index contributed by atoms with van der Waals surface area (Å²) in [6, 6.07) is 6.19. The molecule has 0 amide bonds. The minimum absolute atomic E-state index is 0.0978. The first-order valence-electron chi connectivity index (χ1n) is 5.25. The van der Waals surface area contributed by atoms with Crippen molar-refractivity contribution in [3.63, 3.8) is 0 Å². The molecule has 0 saturated carbocycles. The van der Waals surface area contributed by atoms with E-state index < -0.39 is 23.3 Å². The van der Waals surface area contributed by atoms with E-state index in [1.807, 2.05) is 0 Å². The van der Waals surface area contributed by atoms with Crippen molar-refractivity contribution in [1.82, 2.24) is 0 Å².